The number of benzene rings is 1. The minimum absolute atomic E-state index is 0.0113. The average Bonchev–Trinajstić information content (AvgIpc) is 2.71. The van der Waals surface area contributed by atoms with Gasteiger partial charge in [0, 0.05) is 9.26 Å². The van der Waals surface area contributed by atoms with Gasteiger partial charge in [-0.25, -0.2) is 13.6 Å². The number of hydrogen-bond acceptors (Lipinski definition) is 4. The number of sulfonamides is 1. The average molecular weight is 422 g/mol. The van der Waals surface area contributed by atoms with Crippen LogP contribution in [0.25, 0.3) is 0 Å². The van der Waals surface area contributed by atoms with E-state index in [4.69, 9.17) is 5.14 Å². The number of carbonyl (C=O) groups excluding carboxylic acids is 1. The van der Waals surface area contributed by atoms with Crippen LogP contribution in [0, 0.1) is 10.5 Å². The molecule has 106 valence electrons. The molecule has 1 aromatic heterocycles. The molecule has 1 amide bonds. The number of thiophene rings is 1. The third-order valence-corrected chi connectivity index (χ3v) is 5.79. The molecule has 5 nitrogen and oxygen atoms in total. The van der Waals surface area contributed by atoms with Gasteiger partial charge in [0.15, 0.2) is 0 Å². The summed E-state index contributed by atoms with van der Waals surface area (Å²) < 4.78 is 23.5. The number of halogens is 1. The second-order valence-corrected chi connectivity index (χ2v) is 8.17. The number of amides is 1. The number of nitrogens with two attached hydrogens (primary N) is 1. The lowest BCUT2D eigenvalue weighted by Gasteiger charge is -2.04. The van der Waals surface area contributed by atoms with Crippen molar-refractivity contribution in [3.05, 3.63) is 44.3 Å². The molecule has 0 aliphatic heterocycles. The minimum atomic E-state index is -3.78. The second-order valence-electron chi connectivity index (χ2n) is 4.09. The Hall–Kier alpha value is -0.970. The lowest BCUT2D eigenvalue weighted by molar-refractivity contribution is 0.103. The van der Waals surface area contributed by atoms with Crippen LogP contribution in [0.3, 0.4) is 0 Å². The molecule has 0 spiro atoms. The van der Waals surface area contributed by atoms with Crippen LogP contribution in [0.1, 0.15) is 15.2 Å². The lowest BCUT2D eigenvalue weighted by Crippen LogP contribution is -2.11. The van der Waals surface area contributed by atoms with Crippen LogP contribution < -0.4 is 10.5 Å². The number of rotatable bonds is 3. The Morgan fingerprint density at radius 2 is 2.05 bits per heavy atom. The Kier molecular flexibility index (Phi) is 4.47. The van der Waals surface area contributed by atoms with Crippen LogP contribution in [0.4, 0.5) is 5.69 Å². The van der Waals surface area contributed by atoms with Crippen LogP contribution >= 0.6 is 33.9 Å². The molecule has 3 N–H and O–H groups in total. The zero-order valence-corrected chi connectivity index (χ0v) is 14.2. The van der Waals surface area contributed by atoms with Crippen molar-refractivity contribution in [1.29, 1.82) is 0 Å². The highest BCUT2D eigenvalue weighted by Crippen LogP contribution is 2.26. The summed E-state index contributed by atoms with van der Waals surface area (Å²) in [4.78, 5) is 12.5. The SMILES string of the molecule is Cc1cc(S(N)(=O)=O)sc1C(=O)Nc1cccc(I)c1. The lowest BCUT2D eigenvalue weighted by atomic mass is 10.2. The van der Waals surface area contributed by atoms with E-state index in [9.17, 15) is 13.2 Å². The van der Waals surface area contributed by atoms with Crippen molar-refractivity contribution in [2.24, 2.45) is 5.14 Å². The summed E-state index contributed by atoms with van der Waals surface area (Å²) in [5.41, 5.74) is 1.24. The topological polar surface area (TPSA) is 89.3 Å². The predicted molar refractivity (Wildman–Crippen MR) is 87.5 cm³/mol. The van der Waals surface area contributed by atoms with Crippen molar-refractivity contribution in [1.82, 2.24) is 0 Å². The maximum atomic E-state index is 12.1. The zero-order chi connectivity index (χ0) is 14.9. The van der Waals surface area contributed by atoms with Gasteiger partial charge in [-0.3, -0.25) is 4.79 Å². The van der Waals surface area contributed by atoms with Gasteiger partial charge in [0.05, 0.1) is 4.88 Å². The summed E-state index contributed by atoms with van der Waals surface area (Å²) in [6, 6.07) is 8.73. The minimum Gasteiger partial charge on any atom is -0.321 e. The molecule has 2 aromatic rings. The summed E-state index contributed by atoms with van der Waals surface area (Å²) >= 11 is 3.01. The summed E-state index contributed by atoms with van der Waals surface area (Å²) in [5, 5.41) is 7.80. The van der Waals surface area contributed by atoms with Crippen LogP contribution in [0.2, 0.25) is 0 Å². The van der Waals surface area contributed by atoms with Crippen LogP contribution in [0.5, 0.6) is 0 Å². The summed E-state index contributed by atoms with van der Waals surface area (Å²) in [7, 11) is -3.78. The molecule has 0 bridgehead atoms. The standard InChI is InChI=1S/C12H11IN2O3S2/c1-7-5-10(20(14,17)18)19-11(7)12(16)15-9-4-2-3-8(13)6-9/h2-6H,1H3,(H,15,16)(H2,14,17,18). The number of primary sulfonamides is 1. The molecule has 0 radical (unpaired) electrons. The molecule has 1 aromatic carbocycles. The van der Waals surface area contributed by atoms with Crippen molar-refractivity contribution < 1.29 is 13.2 Å². The Balaban J connectivity index is 2.28. The van der Waals surface area contributed by atoms with Crippen molar-refractivity contribution >= 4 is 55.5 Å². The van der Waals surface area contributed by atoms with Crippen molar-refractivity contribution in [3.63, 3.8) is 0 Å². The van der Waals surface area contributed by atoms with Crippen molar-refractivity contribution in [2.45, 2.75) is 11.1 Å². The van der Waals surface area contributed by atoms with Gasteiger partial charge in [-0.05, 0) is 59.3 Å². The molecular weight excluding hydrogens is 411 g/mol. The van der Waals surface area contributed by atoms with Crippen molar-refractivity contribution in [3.8, 4) is 0 Å². The Morgan fingerprint density at radius 1 is 1.35 bits per heavy atom. The number of carbonyl (C=O) groups is 1. The highest BCUT2D eigenvalue weighted by Gasteiger charge is 2.19. The van der Waals surface area contributed by atoms with Gasteiger partial charge in [0.1, 0.15) is 4.21 Å². The van der Waals surface area contributed by atoms with E-state index in [2.05, 4.69) is 27.9 Å². The molecule has 8 heteroatoms. The van der Waals surface area contributed by atoms with E-state index in [0.29, 0.717) is 16.1 Å². The quantitative estimate of drug-likeness (QED) is 0.746. The van der Waals surface area contributed by atoms with Crippen LogP contribution in [0.15, 0.2) is 34.5 Å². The fourth-order valence-electron chi connectivity index (χ4n) is 1.57. The largest absolute Gasteiger partial charge is 0.321 e. The van der Waals surface area contributed by atoms with E-state index in [-0.39, 0.29) is 10.1 Å². The Labute approximate surface area is 134 Å². The van der Waals surface area contributed by atoms with Gasteiger partial charge in [0.25, 0.3) is 5.91 Å². The van der Waals surface area contributed by atoms with E-state index in [1.54, 1.807) is 13.0 Å². The molecule has 1 heterocycles. The molecule has 0 aliphatic rings. The first kappa shape index (κ1) is 15.4. The van der Waals surface area contributed by atoms with E-state index in [0.717, 1.165) is 14.9 Å². The third-order valence-electron chi connectivity index (χ3n) is 2.46. The summed E-state index contributed by atoms with van der Waals surface area (Å²) in [5.74, 6) is -0.343. The maximum absolute atomic E-state index is 12.1. The number of hydrogen-bond donors (Lipinski definition) is 2. The highest BCUT2D eigenvalue weighted by atomic mass is 127. The zero-order valence-electron chi connectivity index (χ0n) is 10.4. The smallest absolute Gasteiger partial charge is 0.266 e. The fraction of sp³-hybridized carbons (Fsp3) is 0.0833. The number of nitrogens with one attached hydrogen (secondary N) is 1. The normalized spacial score (nSPS) is 11.3. The fourth-order valence-corrected chi connectivity index (χ4v) is 3.97. The summed E-state index contributed by atoms with van der Waals surface area (Å²) in [6.07, 6.45) is 0. The maximum Gasteiger partial charge on any atom is 0.266 e. The first-order chi connectivity index (χ1) is 9.27. The van der Waals surface area contributed by atoms with Gasteiger partial charge in [-0.1, -0.05) is 6.07 Å². The first-order valence-corrected chi connectivity index (χ1v) is 8.91. The van der Waals surface area contributed by atoms with Crippen LogP contribution in [-0.4, -0.2) is 14.3 Å². The molecule has 20 heavy (non-hydrogen) atoms. The molecule has 0 aliphatic carbocycles. The molecule has 0 saturated heterocycles. The second kappa shape index (κ2) is 5.80. The van der Waals surface area contributed by atoms with E-state index in [1.165, 1.54) is 6.07 Å². The highest BCUT2D eigenvalue weighted by molar-refractivity contribution is 14.1. The number of anilines is 1. The third kappa shape index (κ3) is 3.57. The van der Waals surface area contributed by atoms with E-state index >= 15 is 0 Å². The molecular formula is C12H11IN2O3S2. The van der Waals surface area contributed by atoms with Gasteiger partial charge in [0.2, 0.25) is 10.0 Å². The molecule has 0 saturated carbocycles. The predicted octanol–water partition coefficient (Wildman–Crippen LogP) is 2.56. The number of aryl methyl sites for hydroxylation is 1. The van der Waals surface area contributed by atoms with Gasteiger partial charge in [-0.2, -0.15) is 0 Å². The van der Waals surface area contributed by atoms with Crippen LogP contribution in [-0.2, 0) is 10.0 Å². The molecule has 0 fully saturated rings. The van der Waals surface area contributed by atoms with Crippen molar-refractivity contribution in [2.75, 3.05) is 5.32 Å². The Morgan fingerprint density at radius 3 is 2.60 bits per heavy atom. The van der Waals surface area contributed by atoms with Gasteiger partial charge < -0.3 is 5.32 Å². The first-order valence-electron chi connectivity index (χ1n) is 5.47. The summed E-state index contributed by atoms with van der Waals surface area (Å²) in [6.45, 7) is 1.68. The molecule has 0 atom stereocenters. The monoisotopic (exact) mass is 422 g/mol. The van der Waals surface area contributed by atoms with E-state index < -0.39 is 10.0 Å². The molecule has 2 rings (SSSR count). The molecule has 0 unspecified atom stereocenters. The van der Waals surface area contributed by atoms with Gasteiger partial charge in [-0.15, -0.1) is 11.3 Å². The van der Waals surface area contributed by atoms with Gasteiger partial charge >= 0.3 is 0 Å². The Bertz CT molecular complexity index is 769. The van der Waals surface area contributed by atoms with E-state index in [1.807, 2.05) is 18.2 Å².